The van der Waals surface area contributed by atoms with E-state index in [4.69, 9.17) is 34.8 Å². The molecule has 2 N–H and O–H groups in total. The lowest BCUT2D eigenvalue weighted by atomic mass is 10.0. The fraction of sp³-hybridized carbons (Fsp3) is 0.130. The predicted molar refractivity (Wildman–Crippen MR) is 133 cm³/mol. The van der Waals surface area contributed by atoms with Gasteiger partial charge in [-0.3, -0.25) is 9.36 Å². The zero-order valence-corrected chi connectivity index (χ0v) is 19.9. The largest absolute Gasteiger partial charge is 0.360 e. The minimum Gasteiger partial charge on any atom is -0.360 e. The summed E-state index contributed by atoms with van der Waals surface area (Å²) in [7, 11) is 0. The second kappa shape index (κ2) is 8.87. The van der Waals surface area contributed by atoms with E-state index >= 15 is 0 Å². The Hall–Kier alpha value is -3.20. The highest BCUT2D eigenvalue weighted by atomic mass is 35.5. The molecule has 0 amide bonds. The van der Waals surface area contributed by atoms with Gasteiger partial charge in [-0.15, -0.1) is 0 Å². The lowest BCUT2D eigenvalue weighted by Gasteiger charge is -2.24. The topological polar surface area (TPSA) is 88.5 Å². The normalized spacial score (nSPS) is 12.4. The van der Waals surface area contributed by atoms with Gasteiger partial charge in [-0.1, -0.05) is 53.9 Å². The monoisotopic (exact) mass is 516 g/mol. The molecule has 0 radical (unpaired) electrons. The lowest BCUT2D eigenvalue weighted by Crippen LogP contribution is -2.27. The van der Waals surface area contributed by atoms with Crippen molar-refractivity contribution in [3.8, 4) is 5.69 Å². The van der Waals surface area contributed by atoms with E-state index in [2.05, 4.69) is 25.3 Å². The molecule has 0 saturated heterocycles. The molecule has 3 aromatic heterocycles. The van der Waals surface area contributed by atoms with Crippen molar-refractivity contribution in [1.82, 2.24) is 24.5 Å². The first-order valence-corrected chi connectivity index (χ1v) is 11.4. The number of halogens is 4. The minimum absolute atomic E-state index is 0.0491. The molecule has 0 fully saturated rings. The Morgan fingerprint density at radius 1 is 1.12 bits per heavy atom. The van der Waals surface area contributed by atoms with Gasteiger partial charge in [-0.05, 0) is 36.1 Å². The summed E-state index contributed by atoms with van der Waals surface area (Å²) >= 11 is 19.0. The van der Waals surface area contributed by atoms with Crippen LogP contribution >= 0.6 is 34.8 Å². The van der Waals surface area contributed by atoms with Crippen LogP contribution in [0.1, 0.15) is 25.1 Å². The Balaban J connectivity index is 1.79. The first-order valence-electron chi connectivity index (χ1n) is 10.3. The van der Waals surface area contributed by atoms with E-state index in [0.29, 0.717) is 40.2 Å². The molecular weight excluding hydrogens is 502 g/mol. The molecule has 0 bridgehead atoms. The molecule has 0 aliphatic rings. The summed E-state index contributed by atoms with van der Waals surface area (Å²) in [4.78, 5) is 29.5. The third kappa shape index (κ3) is 3.68. The summed E-state index contributed by atoms with van der Waals surface area (Å²) in [6.45, 7) is 1.96. The van der Waals surface area contributed by atoms with Gasteiger partial charge in [0.2, 0.25) is 0 Å². The van der Waals surface area contributed by atoms with Gasteiger partial charge in [0.1, 0.15) is 17.7 Å². The van der Waals surface area contributed by atoms with Crippen LogP contribution in [-0.4, -0.2) is 24.5 Å². The van der Waals surface area contributed by atoms with Crippen molar-refractivity contribution in [2.45, 2.75) is 19.4 Å². The molecule has 0 aliphatic carbocycles. The molecule has 5 rings (SSSR count). The molecule has 1 atom stereocenters. The highest BCUT2D eigenvalue weighted by Gasteiger charge is 2.23. The predicted octanol–water partition coefficient (Wildman–Crippen LogP) is 6.32. The van der Waals surface area contributed by atoms with E-state index in [-0.39, 0.29) is 20.5 Å². The van der Waals surface area contributed by atoms with Gasteiger partial charge in [-0.2, -0.15) is 0 Å². The standard InChI is InChI=1S/C23H16Cl3FN6O/c1-2-14(32-22-20-21(29-9-28-20)30-10-31-22)16-8-11-6-7-13(27)19(26)17(11)23(34)33(16)15-5-3-4-12(24)18(15)25/h3-10,14H,2H2,1H3,(H2,28,29,30,31,32)/t14-/m0/s1. The molecule has 2 aromatic carbocycles. The summed E-state index contributed by atoms with van der Waals surface area (Å²) in [6.07, 6.45) is 3.51. The van der Waals surface area contributed by atoms with Crippen LogP contribution in [0.4, 0.5) is 10.2 Å². The average Bonchev–Trinajstić information content (AvgIpc) is 3.31. The maximum atomic E-state index is 14.3. The number of hydrogen-bond acceptors (Lipinski definition) is 5. The van der Waals surface area contributed by atoms with Gasteiger partial charge in [0, 0.05) is 5.69 Å². The van der Waals surface area contributed by atoms with Gasteiger partial charge >= 0.3 is 0 Å². The number of aromatic nitrogens is 5. The molecule has 0 saturated carbocycles. The van der Waals surface area contributed by atoms with Crippen LogP contribution in [-0.2, 0) is 0 Å². The maximum Gasteiger partial charge on any atom is 0.264 e. The Kier molecular flexibility index (Phi) is 5.89. The minimum atomic E-state index is -0.685. The number of fused-ring (bicyclic) bond motifs is 2. The van der Waals surface area contributed by atoms with Crippen LogP contribution in [0.5, 0.6) is 0 Å². The molecule has 5 aromatic rings. The first-order chi connectivity index (χ1) is 16.4. The zero-order chi connectivity index (χ0) is 24.0. The van der Waals surface area contributed by atoms with E-state index in [9.17, 15) is 9.18 Å². The second-order valence-electron chi connectivity index (χ2n) is 7.54. The van der Waals surface area contributed by atoms with Crippen LogP contribution in [0.15, 0.2) is 53.8 Å². The van der Waals surface area contributed by atoms with Gasteiger partial charge in [-0.25, -0.2) is 19.3 Å². The van der Waals surface area contributed by atoms with Crippen molar-refractivity contribution in [1.29, 1.82) is 0 Å². The summed E-state index contributed by atoms with van der Waals surface area (Å²) < 4.78 is 15.7. The highest BCUT2D eigenvalue weighted by molar-refractivity contribution is 6.43. The molecule has 7 nitrogen and oxygen atoms in total. The van der Waals surface area contributed by atoms with E-state index in [1.807, 2.05) is 6.92 Å². The number of anilines is 1. The lowest BCUT2D eigenvalue weighted by molar-refractivity contribution is 0.629. The molecule has 0 aliphatic heterocycles. The van der Waals surface area contributed by atoms with Gasteiger partial charge in [0.15, 0.2) is 11.5 Å². The molecule has 172 valence electrons. The SMILES string of the molecule is CC[C@H](Nc1ncnc2[nH]cnc12)c1cc2ccc(F)c(Cl)c2c(=O)n1-c1cccc(Cl)c1Cl. The molecular formula is C23H16Cl3FN6O. The van der Waals surface area contributed by atoms with E-state index in [1.165, 1.54) is 29.4 Å². The van der Waals surface area contributed by atoms with Crippen molar-refractivity contribution in [3.63, 3.8) is 0 Å². The van der Waals surface area contributed by atoms with E-state index in [1.54, 1.807) is 24.3 Å². The van der Waals surface area contributed by atoms with Crippen LogP contribution in [0.2, 0.25) is 15.1 Å². The van der Waals surface area contributed by atoms with Crippen LogP contribution in [0, 0.1) is 5.82 Å². The summed E-state index contributed by atoms with van der Waals surface area (Å²) in [6, 6.07) is 9.10. The molecule has 0 unspecified atom stereocenters. The number of rotatable bonds is 5. The molecule has 11 heteroatoms. The van der Waals surface area contributed by atoms with Gasteiger partial charge < -0.3 is 10.3 Å². The molecule has 34 heavy (non-hydrogen) atoms. The van der Waals surface area contributed by atoms with Gasteiger partial charge in [0.25, 0.3) is 5.56 Å². The van der Waals surface area contributed by atoms with Crippen molar-refractivity contribution in [2.75, 3.05) is 5.32 Å². The number of pyridine rings is 1. The second-order valence-corrected chi connectivity index (χ2v) is 8.70. The molecule has 0 spiro atoms. The Morgan fingerprint density at radius 2 is 1.94 bits per heavy atom. The summed E-state index contributed by atoms with van der Waals surface area (Å²) in [5.74, 6) is -0.193. The Morgan fingerprint density at radius 3 is 2.74 bits per heavy atom. The fourth-order valence-corrected chi connectivity index (χ4v) is 4.58. The van der Waals surface area contributed by atoms with Crippen LogP contribution in [0.25, 0.3) is 27.6 Å². The smallest absolute Gasteiger partial charge is 0.264 e. The molecule has 3 heterocycles. The number of H-pyrrole nitrogens is 1. The number of aromatic amines is 1. The number of hydrogen-bond donors (Lipinski definition) is 2. The third-order valence-corrected chi connectivity index (χ3v) is 6.75. The third-order valence-electron chi connectivity index (χ3n) is 5.57. The first kappa shape index (κ1) is 22.6. The zero-order valence-electron chi connectivity index (χ0n) is 17.6. The van der Waals surface area contributed by atoms with Gasteiger partial charge in [0.05, 0.1) is 38.5 Å². The fourth-order valence-electron chi connectivity index (χ4n) is 3.95. The summed E-state index contributed by atoms with van der Waals surface area (Å²) in [5.41, 5.74) is 1.53. The van der Waals surface area contributed by atoms with Crippen molar-refractivity contribution < 1.29 is 4.39 Å². The number of nitrogens with one attached hydrogen (secondary N) is 2. The van der Waals surface area contributed by atoms with Crippen molar-refractivity contribution in [3.05, 3.63) is 86.0 Å². The number of imidazole rings is 1. The summed E-state index contributed by atoms with van der Waals surface area (Å²) in [5, 5.41) is 4.11. The maximum absolute atomic E-state index is 14.3. The Bertz CT molecular complexity index is 1620. The highest BCUT2D eigenvalue weighted by Crippen LogP contribution is 2.34. The van der Waals surface area contributed by atoms with Crippen molar-refractivity contribution in [2.24, 2.45) is 0 Å². The van der Waals surface area contributed by atoms with Crippen LogP contribution in [0.3, 0.4) is 0 Å². The number of benzene rings is 2. The number of nitrogens with zero attached hydrogens (tertiary/aromatic N) is 4. The average molecular weight is 518 g/mol. The van der Waals surface area contributed by atoms with E-state index < -0.39 is 17.4 Å². The van der Waals surface area contributed by atoms with Crippen LogP contribution < -0.4 is 10.9 Å². The van der Waals surface area contributed by atoms with E-state index in [0.717, 1.165) is 0 Å². The van der Waals surface area contributed by atoms with Crippen molar-refractivity contribution >= 4 is 62.6 Å². The Labute approximate surface area is 207 Å². The quantitative estimate of drug-likeness (QED) is 0.285.